The Labute approximate surface area is 679 Å². The molecule has 0 radical (unpaired) electrons. The van der Waals surface area contributed by atoms with Crippen molar-refractivity contribution in [2.24, 2.45) is 0 Å². The minimum Gasteiger partial charge on any atom is -0.219 e. The summed E-state index contributed by atoms with van der Waals surface area (Å²) in [6, 6.07) is 62.7. The highest BCUT2D eigenvalue weighted by molar-refractivity contribution is 7.05. The van der Waals surface area contributed by atoms with Gasteiger partial charge in [0.1, 0.15) is 102 Å². The molecule has 0 bridgehead atoms. The van der Waals surface area contributed by atoms with Crippen LogP contribution in [0, 0.1) is 55.4 Å². The molecule has 592 valence electrons. The van der Waals surface area contributed by atoms with Crippen LogP contribution in [0.3, 0.4) is 0 Å². The molecule has 0 amide bonds. The summed E-state index contributed by atoms with van der Waals surface area (Å²) in [6.07, 6.45) is 3.05. The van der Waals surface area contributed by atoms with Crippen LogP contribution in [0.15, 0.2) is 170 Å². The van der Waals surface area contributed by atoms with Crippen molar-refractivity contribution in [1.82, 2.24) is 59.8 Å². The zero-order valence-corrected chi connectivity index (χ0v) is 78.4. The van der Waals surface area contributed by atoms with Crippen molar-refractivity contribution in [2.45, 2.75) is 244 Å². The number of aromatic nitrogens is 12. The zero-order valence-electron chi connectivity index (χ0n) is 74.4. The van der Waals surface area contributed by atoms with E-state index in [4.69, 9.17) is 0 Å². The second-order valence-corrected chi connectivity index (χ2v) is 45.5. The van der Waals surface area contributed by atoms with E-state index in [9.17, 15) is 0 Å². The van der Waals surface area contributed by atoms with Gasteiger partial charge in [0, 0.05) is 25.7 Å². The average molecular weight is 1570 g/mol. The van der Waals surface area contributed by atoms with Gasteiger partial charge in [-0.3, -0.25) is 0 Å². The van der Waals surface area contributed by atoms with Gasteiger partial charge < -0.3 is 0 Å². The predicted molar refractivity (Wildman–Crippen MR) is 494 cm³/mol. The van der Waals surface area contributed by atoms with Gasteiger partial charge in [0.15, 0.2) is 0 Å². The summed E-state index contributed by atoms with van der Waals surface area (Å²) >= 11 is 0. The van der Waals surface area contributed by atoms with E-state index in [-0.39, 0.29) is 0 Å². The maximum Gasteiger partial charge on any atom is 0.136 e. The fourth-order valence-electron chi connectivity index (χ4n) is 15.6. The molecule has 0 fully saturated rings. The molecule has 8 heterocycles. The topological polar surface area (TPSA) is 155 Å². The molecule has 4 aliphatic heterocycles. The summed E-state index contributed by atoms with van der Waals surface area (Å²) in [5, 5.41) is 12.3. The van der Waals surface area contributed by atoms with Gasteiger partial charge in [-0.1, -0.05) is 333 Å². The number of benzene rings is 8. The van der Waals surface area contributed by atoms with Gasteiger partial charge in [-0.15, -0.1) is 0 Å². The highest BCUT2D eigenvalue weighted by Gasteiger charge is 2.42. The number of aryl methyl sites for hydroxylation is 8. The van der Waals surface area contributed by atoms with Crippen LogP contribution in [0.1, 0.15) is 203 Å². The van der Waals surface area contributed by atoms with E-state index in [1.807, 2.05) is 166 Å². The van der Waals surface area contributed by atoms with Gasteiger partial charge in [0.25, 0.3) is 0 Å². The Morgan fingerprint density at radius 3 is 0.902 bits per heavy atom. The lowest BCUT2D eigenvalue weighted by atomic mass is 9.97. The zero-order chi connectivity index (χ0) is 83.6. The smallest absolute Gasteiger partial charge is 0.136 e. The van der Waals surface area contributed by atoms with Gasteiger partial charge in [0.05, 0.1) is 0 Å². The summed E-state index contributed by atoms with van der Waals surface area (Å²) in [5.74, 6) is 9.77. The number of nitrogens with zero attached hydrogens (tertiary/aromatic N) is 12. The molecule has 0 N–H and O–H groups in total. The Morgan fingerprint density at radius 2 is 0.473 bits per heavy atom. The van der Waals surface area contributed by atoms with Crippen LogP contribution < -0.4 is 41.5 Å². The van der Waals surface area contributed by atoms with E-state index in [1.165, 1.54) is 92.7 Å². The van der Waals surface area contributed by atoms with Crippen LogP contribution >= 0.6 is 0 Å². The van der Waals surface area contributed by atoms with Crippen molar-refractivity contribution in [3.05, 3.63) is 262 Å². The molecule has 112 heavy (non-hydrogen) atoms. The maximum atomic E-state index is 4.54. The van der Waals surface area contributed by atoms with Crippen LogP contribution in [0.25, 0.3) is 44.5 Å². The first-order chi connectivity index (χ1) is 53.8. The number of hydrogen-bond donors (Lipinski definition) is 0. The fourth-order valence-corrected chi connectivity index (χ4v) is 28.4. The molecule has 0 saturated heterocycles. The molecule has 0 saturated carbocycles. The van der Waals surface area contributed by atoms with E-state index < -0.39 is 32.3 Å². The van der Waals surface area contributed by atoms with Crippen LogP contribution in [-0.2, 0) is 25.7 Å². The SMILES string of the molecule is CC.CC.CC.CC.CC.CC.CC.CC.Cc1nc(C)nc(Cc2ccc3c(c2)-c2ccccc2[Si]3(C)C)n1.Cc1nc(C)nc(Cc2ccc3c(c2)[Si](C)(C)c2ccccc2-3)n1.Cc1nc(C)nc(Cc2cccc3c2-c2ccccc2[Si]3(C)C)n1.Cc1nc(C)nc(Cc2cccc3c2[Si](C)(C)c2ccccc2-3)n1. The Hall–Kier alpha value is -9.33. The fraction of sp³-hybridized carbons (Fsp3) is 0.375. The van der Waals surface area contributed by atoms with Gasteiger partial charge in [-0.25, -0.2) is 59.8 Å². The highest BCUT2D eigenvalue weighted by Crippen LogP contribution is 2.35. The van der Waals surface area contributed by atoms with Crippen molar-refractivity contribution in [2.75, 3.05) is 0 Å². The summed E-state index contributed by atoms with van der Waals surface area (Å²) < 4.78 is 0. The molecule has 8 aromatic carbocycles. The predicted octanol–water partition coefficient (Wildman–Crippen LogP) is 19.7. The lowest BCUT2D eigenvalue weighted by Crippen LogP contribution is -2.50. The Morgan fingerprint density at radius 1 is 0.205 bits per heavy atom. The Bertz CT molecular complexity index is 4950. The number of fused-ring (bicyclic) bond motifs is 12. The van der Waals surface area contributed by atoms with Crippen molar-refractivity contribution in [3.8, 4) is 44.5 Å². The molecule has 12 aromatic rings. The first-order valence-electron chi connectivity index (χ1n) is 41.5. The van der Waals surface area contributed by atoms with Crippen LogP contribution in [-0.4, -0.2) is 92.1 Å². The van der Waals surface area contributed by atoms with E-state index in [1.54, 1.807) is 15.6 Å². The minimum atomic E-state index is -1.68. The molecule has 0 aliphatic carbocycles. The maximum absolute atomic E-state index is 4.54. The molecule has 4 aromatic heterocycles. The van der Waals surface area contributed by atoms with E-state index >= 15 is 0 Å². The first kappa shape index (κ1) is 93.3. The monoisotopic (exact) mass is 1560 g/mol. The Kier molecular flexibility index (Phi) is 35.9. The molecule has 0 unspecified atom stereocenters. The molecule has 4 aliphatic rings. The molecule has 0 atom stereocenters. The second kappa shape index (κ2) is 43.1. The molecule has 16 rings (SSSR count). The van der Waals surface area contributed by atoms with E-state index in [0.29, 0.717) is 0 Å². The van der Waals surface area contributed by atoms with Gasteiger partial charge in [-0.2, -0.15) is 0 Å². The van der Waals surface area contributed by atoms with Crippen molar-refractivity contribution in [1.29, 1.82) is 0 Å². The van der Waals surface area contributed by atoms with Crippen LogP contribution in [0.4, 0.5) is 0 Å². The lowest BCUT2D eigenvalue weighted by Gasteiger charge is -2.22. The standard InChI is InChI=1S/4C20H21N3Si.8C2H6/c1-13-21-14(2)23-19(22-13)12-15-8-7-10-17-16-9-5-6-11-18(16)24(3,4)20(15)17;1-13-21-14(2)23-19(22-13)12-15-8-7-11-18-20(15)16-9-5-6-10-17(16)24(18,3)4;1-13-21-14(2)23-20(22-13)12-15-9-10-19-17(11-15)16-7-5-6-8-18(16)24(19,3)4;1-13-21-14(2)23-20(22-13)12-15-9-10-17-16-7-5-6-8-18(16)24(3,4)19(17)11-15;8*1-2/h4*5-11H,12H2,1-4H3;8*1-2H3. The molecule has 0 spiro atoms. The summed E-state index contributed by atoms with van der Waals surface area (Å²) in [6.45, 7) is 67.0. The first-order valence-corrected chi connectivity index (χ1v) is 53.5. The van der Waals surface area contributed by atoms with E-state index in [2.05, 4.69) is 282 Å². The number of hydrogen-bond acceptors (Lipinski definition) is 12. The average Bonchev–Trinajstić information content (AvgIpc) is 1.58. The van der Waals surface area contributed by atoms with Gasteiger partial charge >= 0.3 is 0 Å². The number of rotatable bonds is 8. The summed E-state index contributed by atoms with van der Waals surface area (Å²) in [5.41, 5.74) is 16.5. The normalized spacial score (nSPS) is 12.7. The van der Waals surface area contributed by atoms with Crippen LogP contribution in [0.5, 0.6) is 0 Å². The van der Waals surface area contributed by atoms with Crippen molar-refractivity contribution in [3.63, 3.8) is 0 Å². The molecular weight excluding hydrogens is 1430 g/mol. The molecule has 12 nitrogen and oxygen atoms in total. The Balaban J connectivity index is 0.000000251. The van der Waals surface area contributed by atoms with Crippen molar-refractivity contribution < 1.29 is 0 Å². The lowest BCUT2D eigenvalue weighted by molar-refractivity contribution is 0.843. The second-order valence-electron chi connectivity index (χ2n) is 28.2. The quantitative estimate of drug-likeness (QED) is 0.133. The third-order valence-corrected chi connectivity index (χ3v) is 34.0. The summed E-state index contributed by atoms with van der Waals surface area (Å²) in [4.78, 5) is 53.2. The largest absolute Gasteiger partial charge is 0.219 e. The van der Waals surface area contributed by atoms with Crippen LogP contribution in [0.2, 0.25) is 52.4 Å². The van der Waals surface area contributed by atoms with E-state index in [0.717, 1.165) is 95.6 Å². The highest BCUT2D eigenvalue weighted by atomic mass is 28.3. The molecule has 16 heteroatoms. The van der Waals surface area contributed by atoms with Gasteiger partial charge in [0.2, 0.25) is 0 Å². The third-order valence-electron chi connectivity index (χ3n) is 19.7. The van der Waals surface area contributed by atoms with Gasteiger partial charge in [-0.05, 0) is 164 Å². The third kappa shape index (κ3) is 21.3. The summed E-state index contributed by atoms with van der Waals surface area (Å²) in [7, 11) is -6.44. The van der Waals surface area contributed by atoms with Crippen molar-refractivity contribution >= 4 is 73.8 Å². The molecular formula is C96H132N12Si4. The minimum absolute atomic E-state index is 0.752.